The van der Waals surface area contributed by atoms with Crippen LogP contribution in [0.5, 0.6) is 0 Å². The zero-order chi connectivity index (χ0) is 31.7. The summed E-state index contributed by atoms with van der Waals surface area (Å²) in [5, 5.41) is 0. The number of unbranched alkanes of at least 4 members (excludes halogenated alkanes) is 22. The Balaban J connectivity index is 0. The summed E-state index contributed by atoms with van der Waals surface area (Å²) in [6.07, 6.45) is 45.4. The molecule has 0 saturated heterocycles. The highest BCUT2D eigenvalue weighted by Gasteiger charge is 2.27. The van der Waals surface area contributed by atoms with E-state index < -0.39 is 0 Å². The molecule has 0 aliphatic rings. The minimum atomic E-state index is -0.362. The van der Waals surface area contributed by atoms with E-state index in [2.05, 4.69) is 38.2 Å². The van der Waals surface area contributed by atoms with E-state index >= 15 is 0 Å². The van der Waals surface area contributed by atoms with Crippen LogP contribution in [0, 0.1) is 5.41 Å². The summed E-state index contributed by atoms with van der Waals surface area (Å²) in [4.78, 5) is 25.2. The van der Waals surface area contributed by atoms with Crippen LogP contribution in [0.25, 0.3) is 0 Å². The Morgan fingerprint density at radius 1 is 0.432 bits per heavy atom. The van der Waals surface area contributed by atoms with E-state index in [1.165, 1.54) is 141 Å². The first-order valence-corrected chi connectivity index (χ1v) is 19.3. The standard InChI is InChI=1S/C41H76O2.H3N/c1-5-7-9-11-13-15-17-19-21-23-25-27-29-31-33-35-39(42)37-38-41(3,4)40(43)36-34-32-30-28-26-24-22-20-18-16-14-12-10-8-6-2;/h19-22H,5-18,23-38H2,1-4H3;1H3/b21-19-,22-20-;. The fourth-order valence-electron chi connectivity index (χ4n) is 5.80. The van der Waals surface area contributed by atoms with Crippen LogP contribution in [0.2, 0.25) is 0 Å². The molecule has 0 unspecified atom stereocenters. The van der Waals surface area contributed by atoms with Crippen LogP contribution in [-0.2, 0) is 9.59 Å². The van der Waals surface area contributed by atoms with E-state index in [4.69, 9.17) is 0 Å². The lowest BCUT2D eigenvalue weighted by Gasteiger charge is -2.22. The molecule has 0 fully saturated rings. The summed E-state index contributed by atoms with van der Waals surface area (Å²) in [5.41, 5.74) is -0.362. The SMILES string of the molecule is CCCCCCCC/C=C\CCCCCCCC(=O)CCC(C)(C)C(=O)CCCCCCC/C=C\CCCCCCCC.N. The predicted molar refractivity (Wildman–Crippen MR) is 197 cm³/mol. The molecule has 0 aromatic carbocycles. The van der Waals surface area contributed by atoms with E-state index in [-0.39, 0.29) is 11.6 Å². The topological polar surface area (TPSA) is 69.1 Å². The third-order valence-electron chi connectivity index (χ3n) is 9.17. The molecule has 0 atom stereocenters. The van der Waals surface area contributed by atoms with Gasteiger partial charge in [0.2, 0.25) is 0 Å². The number of carbonyl (C=O) groups excluding carboxylic acids is 2. The van der Waals surface area contributed by atoms with Gasteiger partial charge in [0.1, 0.15) is 11.6 Å². The zero-order valence-electron chi connectivity index (χ0n) is 30.5. The van der Waals surface area contributed by atoms with Gasteiger partial charge in [-0.05, 0) is 70.6 Å². The van der Waals surface area contributed by atoms with Gasteiger partial charge in [0.15, 0.2) is 0 Å². The summed E-state index contributed by atoms with van der Waals surface area (Å²) in [7, 11) is 0. The maximum Gasteiger partial charge on any atom is 0.138 e. The maximum atomic E-state index is 12.8. The van der Waals surface area contributed by atoms with Crippen molar-refractivity contribution >= 4 is 11.6 Å². The first-order valence-electron chi connectivity index (χ1n) is 19.3. The molecule has 260 valence electrons. The van der Waals surface area contributed by atoms with Gasteiger partial charge in [-0.15, -0.1) is 0 Å². The molecule has 0 bridgehead atoms. The fourth-order valence-corrected chi connectivity index (χ4v) is 5.80. The maximum absolute atomic E-state index is 12.8. The average molecular weight is 618 g/mol. The van der Waals surface area contributed by atoms with Crippen molar-refractivity contribution in [1.29, 1.82) is 0 Å². The van der Waals surface area contributed by atoms with Crippen molar-refractivity contribution in [2.45, 2.75) is 220 Å². The summed E-state index contributed by atoms with van der Waals surface area (Å²) in [5.74, 6) is 0.693. The number of Topliss-reactive ketones (excluding diaryl/α,β-unsaturated/α-hetero) is 2. The molecule has 0 aliphatic carbocycles. The van der Waals surface area contributed by atoms with E-state index in [1.54, 1.807) is 0 Å². The zero-order valence-corrected chi connectivity index (χ0v) is 30.5. The molecule has 0 heterocycles. The Morgan fingerprint density at radius 3 is 1.14 bits per heavy atom. The van der Waals surface area contributed by atoms with Crippen molar-refractivity contribution in [1.82, 2.24) is 6.15 Å². The second-order valence-electron chi connectivity index (χ2n) is 14.0. The molecule has 44 heavy (non-hydrogen) atoms. The molecule has 0 radical (unpaired) electrons. The number of allylic oxidation sites excluding steroid dienone is 4. The predicted octanol–water partition coefficient (Wildman–Crippen LogP) is 14.2. The van der Waals surface area contributed by atoms with Gasteiger partial charge in [-0.3, -0.25) is 9.59 Å². The lowest BCUT2D eigenvalue weighted by Crippen LogP contribution is -2.25. The van der Waals surface area contributed by atoms with Crippen LogP contribution in [0.3, 0.4) is 0 Å². The van der Waals surface area contributed by atoms with Crippen LogP contribution in [-0.4, -0.2) is 11.6 Å². The first-order chi connectivity index (χ1) is 20.9. The molecule has 3 N–H and O–H groups in total. The Morgan fingerprint density at radius 2 is 0.750 bits per heavy atom. The van der Waals surface area contributed by atoms with Gasteiger partial charge in [0.25, 0.3) is 0 Å². The van der Waals surface area contributed by atoms with Crippen molar-refractivity contribution < 1.29 is 9.59 Å². The van der Waals surface area contributed by atoms with Crippen LogP contribution in [0.15, 0.2) is 24.3 Å². The molecule has 0 rings (SSSR count). The van der Waals surface area contributed by atoms with Crippen LogP contribution in [0.1, 0.15) is 220 Å². The number of hydrogen-bond donors (Lipinski definition) is 1. The third kappa shape index (κ3) is 32.2. The largest absolute Gasteiger partial charge is 0.344 e. The smallest absolute Gasteiger partial charge is 0.138 e. The van der Waals surface area contributed by atoms with Crippen LogP contribution >= 0.6 is 0 Å². The van der Waals surface area contributed by atoms with Crippen LogP contribution < -0.4 is 6.15 Å². The monoisotopic (exact) mass is 618 g/mol. The van der Waals surface area contributed by atoms with E-state index in [1.807, 2.05) is 13.8 Å². The minimum Gasteiger partial charge on any atom is -0.344 e. The van der Waals surface area contributed by atoms with Gasteiger partial charge in [-0.1, -0.05) is 155 Å². The van der Waals surface area contributed by atoms with E-state index in [0.717, 1.165) is 25.7 Å². The highest BCUT2D eigenvalue weighted by molar-refractivity contribution is 5.85. The Bertz CT molecular complexity index is 678. The molecule has 0 amide bonds. The summed E-state index contributed by atoms with van der Waals surface area (Å²) in [6, 6.07) is 0. The molecular weight excluding hydrogens is 538 g/mol. The number of ketones is 2. The number of rotatable bonds is 34. The average Bonchev–Trinajstić information content (AvgIpc) is 2.99. The normalized spacial score (nSPS) is 11.9. The molecule has 3 heteroatoms. The molecule has 0 spiro atoms. The second-order valence-corrected chi connectivity index (χ2v) is 14.0. The Hall–Kier alpha value is -1.22. The highest BCUT2D eigenvalue weighted by Crippen LogP contribution is 2.27. The van der Waals surface area contributed by atoms with Gasteiger partial charge in [0.05, 0.1) is 0 Å². The van der Waals surface area contributed by atoms with Crippen molar-refractivity contribution in [3.63, 3.8) is 0 Å². The number of carbonyl (C=O) groups is 2. The summed E-state index contributed by atoms with van der Waals surface area (Å²) in [6.45, 7) is 8.64. The van der Waals surface area contributed by atoms with E-state index in [0.29, 0.717) is 37.2 Å². The van der Waals surface area contributed by atoms with Crippen molar-refractivity contribution in [2.75, 3.05) is 0 Å². The molecule has 0 aliphatic heterocycles. The Labute approximate surface area is 276 Å². The van der Waals surface area contributed by atoms with Crippen molar-refractivity contribution in [2.24, 2.45) is 5.41 Å². The lowest BCUT2D eigenvalue weighted by molar-refractivity contribution is -0.128. The molecule has 3 nitrogen and oxygen atoms in total. The van der Waals surface area contributed by atoms with Crippen molar-refractivity contribution in [3.05, 3.63) is 24.3 Å². The summed E-state index contributed by atoms with van der Waals surface area (Å²) >= 11 is 0. The van der Waals surface area contributed by atoms with E-state index in [9.17, 15) is 9.59 Å². The minimum absolute atomic E-state index is 0. The van der Waals surface area contributed by atoms with Crippen LogP contribution in [0.4, 0.5) is 0 Å². The lowest BCUT2D eigenvalue weighted by atomic mass is 9.80. The quantitative estimate of drug-likeness (QED) is 0.0577. The molecule has 0 aromatic rings. The fraction of sp³-hybridized carbons (Fsp3) is 0.854. The molecule has 0 saturated carbocycles. The first kappa shape index (κ1) is 44.9. The Kier molecular flexibility index (Phi) is 35.4. The van der Waals surface area contributed by atoms with Gasteiger partial charge >= 0.3 is 0 Å². The molecular formula is C41H79NO2. The van der Waals surface area contributed by atoms with Gasteiger partial charge in [-0.25, -0.2) is 0 Å². The highest BCUT2D eigenvalue weighted by atomic mass is 16.1. The third-order valence-corrected chi connectivity index (χ3v) is 9.17. The second kappa shape index (κ2) is 34.6. The van der Waals surface area contributed by atoms with Crippen molar-refractivity contribution in [3.8, 4) is 0 Å². The molecule has 0 aromatic heterocycles. The van der Waals surface area contributed by atoms with Gasteiger partial charge in [0, 0.05) is 24.7 Å². The van der Waals surface area contributed by atoms with Gasteiger partial charge in [-0.2, -0.15) is 0 Å². The summed E-state index contributed by atoms with van der Waals surface area (Å²) < 4.78 is 0. The number of hydrogen-bond acceptors (Lipinski definition) is 3. The van der Waals surface area contributed by atoms with Gasteiger partial charge < -0.3 is 6.15 Å².